The lowest BCUT2D eigenvalue weighted by atomic mass is 10.1. The van der Waals surface area contributed by atoms with Crippen LogP contribution in [0.5, 0.6) is 0 Å². The third kappa shape index (κ3) is 6.20. The van der Waals surface area contributed by atoms with E-state index in [0.29, 0.717) is 17.8 Å². The van der Waals surface area contributed by atoms with Crippen LogP contribution in [0.2, 0.25) is 0 Å². The number of carbonyl (C=O) groups is 3. The van der Waals surface area contributed by atoms with Crippen molar-refractivity contribution in [3.05, 3.63) is 84.7 Å². The number of pyridine rings is 1. The van der Waals surface area contributed by atoms with Gasteiger partial charge in [-0.05, 0) is 48.9 Å². The van der Waals surface area contributed by atoms with Gasteiger partial charge in [0.1, 0.15) is 5.82 Å². The zero-order valence-electron chi connectivity index (χ0n) is 19.9. The Morgan fingerprint density at radius 1 is 1.05 bits per heavy atom. The maximum Gasteiger partial charge on any atom is 0.328 e. The quantitative estimate of drug-likeness (QED) is 0.230. The fourth-order valence-corrected chi connectivity index (χ4v) is 3.95. The highest BCUT2D eigenvalue weighted by molar-refractivity contribution is 6.00. The van der Waals surface area contributed by atoms with E-state index in [4.69, 9.17) is 5.73 Å². The Morgan fingerprint density at radius 3 is 2.54 bits per heavy atom. The Labute approximate surface area is 212 Å². The van der Waals surface area contributed by atoms with Crippen molar-refractivity contribution in [2.24, 2.45) is 5.73 Å². The first-order chi connectivity index (χ1) is 17.9. The molecule has 11 heteroatoms. The SMILES string of the molecule is NC(=O)N(c1ccccc1)C(CNC(=O)c1ccc2c(cnn2CCCNc2ccccn2)c1)C(=O)O. The average Bonchev–Trinajstić information content (AvgIpc) is 3.31. The first kappa shape index (κ1) is 25.2. The number of benzene rings is 2. The number of hydrogen-bond acceptors (Lipinski definition) is 6. The largest absolute Gasteiger partial charge is 0.480 e. The number of carboxylic acids is 1. The maximum atomic E-state index is 12.8. The molecular formula is C26H27N7O4. The summed E-state index contributed by atoms with van der Waals surface area (Å²) in [4.78, 5) is 41.9. The summed E-state index contributed by atoms with van der Waals surface area (Å²) in [5, 5.41) is 20.8. The summed E-state index contributed by atoms with van der Waals surface area (Å²) in [5.74, 6) is -0.952. The molecule has 11 nitrogen and oxygen atoms in total. The molecule has 1 atom stereocenters. The van der Waals surface area contributed by atoms with Gasteiger partial charge in [0, 0.05) is 42.5 Å². The van der Waals surface area contributed by atoms with E-state index >= 15 is 0 Å². The Balaban J connectivity index is 1.38. The maximum absolute atomic E-state index is 12.8. The number of nitrogens with one attached hydrogen (secondary N) is 2. The van der Waals surface area contributed by atoms with E-state index in [9.17, 15) is 19.5 Å². The molecule has 0 aliphatic carbocycles. The number of aryl methyl sites for hydroxylation is 1. The second kappa shape index (κ2) is 11.7. The number of para-hydroxylation sites is 1. The molecule has 1 unspecified atom stereocenters. The standard InChI is InChI=1S/C26H27N7O4/c27-26(37)33(20-7-2-1-3-8-20)22(25(35)36)17-30-24(34)18-10-11-21-19(15-18)16-31-32(21)14-6-13-29-23-9-4-5-12-28-23/h1-5,7-12,15-16,22H,6,13-14,17H2,(H2,27,37)(H,28,29)(H,30,34)(H,35,36). The Hall–Kier alpha value is -4.93. The zero-order chi connectivity index (χ0) is 26.2. The van der Waals surface area contributed by atoms with Crippen molar-refractivity contribution in [1.29, 1.82) is 0 Å². The second-order valence-corrected chi connectivity index (χ2v) is 8.24. The number of anilines is 2. The van der Waals surface area contributed by atoms with Gasteiger partial charge in [0.05, 0.1) is 11.7 Å². The predicted molar refractivity (Wildman–Crippen MR) is 139 cm³/mol. The van der Waals surface area contributed by atoms with Crippen LogP contribution in [0.25, 0.3) is 10.9 Å². The molecule has 190 valence electrons. The molecule has 0 saturated carbocycles. The molecule has 3 amide bonds. The van der Waals surface area contributed by atoms with Crippen LogP contribution in [-0.2, 0) is 11.3 Å². The molecule has 0 aliphatic rings. The van der Waals surface area contributed by atoms with Gasteiger partial charge in [-0.2, -0.15) is 5.10 Å². The third-order valence-corrected chi connectivity index (χ3v) is 5.75. The molecule has 2 heterocycles. The Kier molecular flexibility index (Phi) is 7.94. The number of carbonyl (C=O) groups excluding carboxylic acids is 2. The van der Waals surface area contributed by atoms with Gasteiger partial charge in [-0.3, -0.25) is 14.4 Å². The molecule has 0 spiro atoms. The molecule has 2 aromatic carbocycles. The van der Waals surface area contributed by atoms with Crippen molar-refractivity contribution in [3.63, 3.8) is 0 Å². The summed E-state index contributed by atoms with van der Waals surface area (Å²) in [6, 6.07) is 16.7. The first-order valence-corrected chi connectivity index (χ1v) is 11.7. The molecular weight excluding hydrogens is 474 g/mol. The van der Waals surface area contributed by atoms with Gasteiger partial charge in [-0.1, -0.05) is 24.3 Å². The smallest absolute Gasteiger partial charge is 0.328 e. The van der Waals surface area contributed by atoms with Gasteiger partial charge in [-0.15, -0.1) is 0 Å². The number of amides is 3. The second-order valence-electron chi connectivity index (χ2n) is 8.24. The zero-order valence-corrected chi connectivity index (χ0v) is 19.9. The molecule has 0 saturated heterocycles. The lowest BCUT2D eigenvalue weighted by molar-refractivity contribution is -0.138. The number of primary amides is 1. The minimum Gasteiger partial charge on any atom is -0.480 e. The number of fused-ring (bicyclic) bond motifs is 1. The van der Waals surface area contributed by atoms with E-state index in [-0.39, 0.29) is 6.54 Å². The summed E-state index contributed by atoms with van der Waals surface area (Å²) in [6.45, 7) is 1.08. The Morgan fingerprint density at radius 2 is 1.84 bits per heavy atom. The summed E-state index contributed by atoms with van der Waals surface area (Å²) in [7, 11) is 0. The van der Waals surface area contributed by atoms with Crippen LogP contribution in [0.3, 0.4) is 0 Å². The number of nitrogens with two attached hydrogens (primary N) is 1. The fourth-order valence-electron chi connectivity index (χ4n) is 3.95. The molecule has 37 heavy (non-hydrogen) atoms. The van der Waals surface area contributed by atoms with Gasteiger partial charge in [0.15, 0.2) is 6.04 Å². The molecule has 0 radical (unpaired) electrons. The minimum absolute atomic E-state index is 0.320. The van der Waals surface area contributed by atoms with Crippen LogP contribution in [0, 0.1) is 0 Å². The van der Waals surface area contributed by atoms with Crippen molar-refractivity contribution < 1.29 is 19.5 Å². The van der Waals surface area contributed by atoms with Gasteiger partial charge in [0.25, 0.3) is 5.91 Å². The molecule has 2 aromatic heterocycles. The first-order valence-electron chi connectivity index (χ1n) is 11.7. The number of urea groups is 1. The molecule has 4 aromatic rings. The lowest BCUT2D eigenvalue weighted by Gasteiger charge is -2.27. The van der Waals surface area contributed by atoms with Crippen LogP contribution >= 0.6 is 0 Å². The molecule has 5 N–H and O–H groups in total. The molecule has 0 fully saturated rings. The summed E-state index contributed by atoms with van der Waals surface area (Å²) in [6.07, 6.45) is 4.24. The normalized spacial score (nSPS) is 11.6. The van der Waals surface area contributed by atoms with E-state index in [1.54, 1.807) is 60.9 Å². The van der Waals surface area contributed by atoms with Crippen molar-refractivity contribution in [2.45, 2.75) is 19.0 Å². The van der Waals surface area contributed by atoms with Crippen molar-refractivity contribution in [1.82, 2.24) is 20.1 Å². The monoisotopic (exact) mass is 501 g/mol. The van der Waals surface area contributed by atoms with E-state index < -0.39 is 23.9 Å². The van der Waals surface area contributed by atoms with E-state index in [2.05, 4.69) is 20.7 Å². The topological polar surface area (TPSA) is 155 Å². The van der Waals surface area contributed by atoms with Gasteiger partial charge >= 0.3 is 12.0 Å². The number of carboxylic acid groups (broad SMARTS) is 1. The summed E-state index contributed by atoms with van der Waals surface area (Å²) >= 11 is 0. The Bertz CT molecular complexity index is 1380. The van der Waals surface area contributed by atoms with Crippen LogP contribution < -0.4 is 21.3 Å². The van der Waals surface area contributed by atoms with Crippen LogP contribution in [0.15, 0.2) is 79.1 Å². The highest BCUT2D eigenvalue weighted by atomic mass is 16.4. The lowest BCUT2D eigenvalue weighted by Crippen LogP contribution is -2.53. The van der Waals surface area contributed by atoms with Crippen molar-refractivity contribution in [3.8, 4) is 0 Å². The summed E-state index contributed by atoms with van der Waals surface area (Å²) < 4.78 is 1.86. The molecule has 4 rings (SSSR count). The van der Waals surface area contributed by atoms with Crippen molar-refractivity contribution >= 4 is 40.3 Å². The van der Waals surface area contributed by atoms with Gasteiger partial charge < -0.3 is 21.5 Å². The number of aromatic nitrogens is 3. The number of rotatable bonds is 11. The van der Waals surface area contributed by atoms with E-state index in [0.717, 1.165) is 34.6 Å². The highest BCUT2D eigenvalue weighted by Gasteiger charge is 2.30. The minimum atomic E-state index is -1.38. The molecule has 0 bridgehead atoms. The van der Waals surface area contributed by atoms with Crippen LogP contribution in [-0.4, -0.2) is 56.9 Å². The number of nitrogens with zero attached hydrogens (tertiary/aromatic N) is 4. The van der Waals surface area contributed by atoms with Crippen LogP contribution in [0.1, 0.15) is 16.8 Å². The predicted octanol–water partition coefficient (Wildman–Crippen LogP) is 2.70. The number of aliphatic carboxylic acids is 1. The molecule has 0 aliphatic heterocycles. The third-order valence-electron chi connectivity index (χ3n) is 5.75. The number of hydrogen-bond donors (Lipinski definition) is 4. The average molecular weight is 502 g/mol. The van der Waals surface area contributed by atoms with Crippen LogP contribution in [0.4, 0.5) is 16.3 Å². The van der Waals surface area contributed by atoms with Gasteiger partial charge in [-0.25, -0.2) is 14.6 Å². The van der Waals surface area contributed by atoms with E-state index in [1.807, 2.05) is 22.9 Å². The fraction of sp³-hybridized carbons (Fsp3) is 0.192. The van der Waals surface area contributed by atoms with Gasteiger partial charge in [0.2, 0.25) is 0 Å². The summed E-state index contributed by atoms with van der Waals surface area (Å²) in [5.41, 5.74) is 7.00. The van der Waals surface area contributed by atoms with Crippen molar-refractivity contribution in [2.75, 3.05) is 23.3 Å². The van der Waals surface area contributed by atoms with E-state index in [1.165, 1.54) is 0 Å². The highest BCUT2D eigenvalue weighted by Crippen LogP contribution is 2.18.